The highest BCUT2D eigenvalue weighted by Gasteiger charge is 2.25. The van der Waals surface area contributed by atoms with Gasteiger partial charge in [-0.25, -0.2) is 0 Å². The second-order valence-electron chi connectivity index (χ2n) is 4.80. The molecule has 94 valence electrons. The van der Waals surface area contributed by atoms with Crippen LogP contribution in [0.15, 0.2) is 0 Å². The van der Waals surface area contributed by atoms with Crippen LogP contribution in [0.1, 0.15) is 27.7 Å². The number of hydrogen-bond donors (Lipinski definition) is 1. The van der Waals surface area contributed by atoms with Crippen molar-refractivity contribution in [1.82, 2.24) is 10.2 Å². The van der Waals surface area contributed by atoms with Gasteiger partial charge in [-0.3, -0.25) is 14.5 Å². The molecule has 5 nitrogen and oxygen atoms in total. The number of amides is 1. The van der Waals surface area contributed by atoms with E-state index >= 15 is 0 Å². The van der Waals surface area contributed by atoms with Crippen molar-refractivity contribution in [2.75, 3.05) is 20.6 Å². The molecule has 0 spiro atoms. The molecule has 1 amide bonds. The van der Waals surface area contributed by atoms with E-state index < -0.39 is 11.6 Å². The summed E-state index contributed by atoms with van der Waals surface area (Å²) in [7, 11) is 3.28. The first-order valence-corrected chi connectivity index (χ1v) is 5.31. The lowest BCUT2D eigenvalue weighted by atomic mass is 10.2. The van der Waals surface area contributed by atoms with Crippen LogP contribution >= 0.6 is 0 Å². The van der Waals surface area contributed by atoms with Crippen molar-refractivity contribution in [3.8, 4) is 0 Å². The lowest BCUT2D eigenvalue weighted by Gasteiger charge is -2.26. The van der Waals surface area contributed by atoms with Crippen molar-refractivity contribution in [3.05, 3.63) is 0 Å². The molecular formula is C11H22N2O3. The minimum absolute atomic E-state index is 0.127. The number of ether oxygens (including phenoxy) is 1. The molecule has 0 aromatic rings. The molecule has 0 aliphatic rings. The Labute approximate surface area is 97.1 Å². The summed E-state index contributed by atoms with van der Waals surface area (Å²) in [6.07, 6.45) is 0. The molecule has 0 fully saturated rings. The normalized spacial score (nSPS) is 13.4. The summed E-state index contributed by atoms with van der Waals surface area (Å²) >= 11 is 0. The average molecular weight is 230 g/mol. The van der Waals surface area contributed by atoms with E-state index in [1.807, 2.05) is 20.8 Å². The van der Waals surface area contributed by atoms with Gasteiger partial charge in [-0.15, -0.1) is 0 Å². The van der Waals surface area contributed by atoms with Crippen LogP contribution in [0, 0.1) is 0 Å². The molecule has 1 atom stereocenters. The Morgan fingerprint density at radius 2 is 1.88 bits per heavy atom. The molecule has 0 radical (unpaired) electrons. The van der Waals surface area contributed by atoms with Crippen molar-refractivity contribution < 1.29 is 14.3 Å². The van der Waals surface area contributed by atoms with Crippen LogP contribution in [-0.4, -0.2) is 49.1 Å². The van der Waals surface area contributed by atoms with E-state index in [0.717, 1.165) is 0 Å². The lowest BCUT2D eigenvalue weighted by molar-refractivity contribution is -0.160. The third-order valence-electron chi connectivity index (χ3n) is 2.08. The van der Waals surface area contributed by atoms with Crippen molar-refractivity contribution in [2.45, 2.75) is 39.3 Å². The highest BCUT2D eigenvalue weighted by Crippen LogP contribution is 2.10. The number of likely N-dealkylation sites (N-methyl/N-ethyl adjacent to an activating group) is 2. The van der Waals surface area contributed by atoms with E-state index in [2.05, 4.69) is 5.32 Å². The molecule has 1 N–H and O–H groups in total. The van der Waals surface area contributed by atoms with Crippen LogP contribution in [0.25, 0.3) is 0 Å². The average Bonchev–Trinajstić information content (AvgIpc) is 2.13. The summed E-state index contributed by atoms with van der Waals surface area (Å²) < 4.78 is 5.22. The van der Waals surface area contributed by atoms with Crippen molar-refractivity contribution in [3.63, 3.8) is 0 Å². The second-order valence-corrected chi connectivity index (χ2v) is 4.80. The summed E-state index contributed by atoms with van der Waals surface area (Å²) in [6.45, 7) is 7.34. The molecular weight excluding hydrogens is 208 g/mol. The van der Waals surface area contributed by atoms with E-state index in [0.29, 0.717) is 0 Å². The molecule has 0 aliphatic carbocycles. The number of nitrogens with zero attached hydrogens (tertiary/aromatic N) is 1. The SMILES string of the molecule is CNC(=O)CN(C)C(C)C(=O)OC(C)(C)C. The maximum atomic E-state index is 11.7. The molecule has 5 heteroatoms. The topological polar surface area (TPSA) is 58.6 Å². The van der Waals surface area contributed by atoms with Crippen LogP contribution in [0.3, 0.4) is 0 Å². The summed E-state index contributed by atoms with van der Waals surface area (Å²) in [6, 6.07) is -0.434. The van der Waals surface area contributed by atoms with Gasteiger partial charge >= 0.3 is 5.97 Å². The molecule has 0 saturated heterocycles. The number of carbonyl (C=O) groups excluding carboxylic acids is 2. The highest BCUT2D eigenvalue weighted by molar-refractivity contribution is 5.80. The molecule has 0 bridgehead atoms. The van der Waals surface area contributed by atoms with Gasteiger partial charge in [-0.2, -0.15) is 0 Å². The Balaban J connectivity index is 4.27. The molecule has 0 aromatic heterocycles. The molecule has 0 heterocycles. The Kier molecular flexibility index (Phi) is 5.44. The van der Waals surface area contributed by atoms with Gasteiger partial charge in [0.25, 0.3) is 0 Å². The minimum atomic E-state index is -0.501. The number of esters is 1. The van der Waals surface area contributed by atoms with Gasteiger partial charge in [0, 0.05) is 7.05 Å². The largest absolute Gasteiger partial charge is 0.459 e. The van der Waals surface area contributed by atoms with Crippen molar-refractivity contribution in [2.24, 2.45) is 0 Å². The fourth-order valence-electron chi connectivity index (χ4n) is 1.01. The molecule has 0 aliphatic heterocycles. The van der Waals surface area contributed by atoms with Crippen molar-refractivity contribution >= 4 is 11.9 Å². The van der Waals surface area contributed by atoms with E-state index in [1.165, 1.54) is 0 Å². The van der Waals surface area contributed by atoms with Gasteiger partial charge in [0.05, 0.1) is 6.54 Å². The molecule has 16 heavy (non-hydrogen) atoms. The van der Waals surface area contributed by atoms with Gasteiger partial charge < -0.3 is 10.1 Å². The highest BCUT2D eigenvalue weighted by atomic mass is 16.6. The predicted octanol–water partition coefficient (Wildman–Crippen LogP) is 0.394. The number of rotatable bonds is 4. The Hall–Kier alpha value is -1.10. The van der Waals surface area contributed by atoms with Gasteiger partial charge in [-0.05, 0) is 34.7 Å². The standard InChI is InChI=1S/C11H22N2O3/c1-8(10(15)16-11(2,3)4)13(6)7-9(14)12-5/h8H,7H2,1-6H3,(H,12,14). The van der Waals surface area contributed by atoms with E-state index in [1.54, 1.807) is 25.9 Å². The lowest BCUT2D eigenvalue weighted by Crippen LogP contribution is -2.44. The molecule has 0 saturated carbocycles. The molecule has 0 aromatic carbocycles. The number of nitrogens with one attached hydrogen (secondary N) is 1. The van der Waals surface area contributed by atoms with Gasteiger partial charge in [0.2, 0.25) is 5.91 Å². The van der Waals surface area contributed by atoms with Crippen LogP contribution in [-0.2, 0) is 14.3 Å². The zero-order valence-corrected chi connectivity index (χ0v) is 11.0. The Bertz CT molecular complexity index is 258. The fourth-order valence-corrected chi connectivity index (χ4v) is 1.01. The monoisotopic (exact) mass is 230 g/mol. The number of carbonyl (C=O) groups is 2. The first kappa shape index (κ1) is 14.9. The Morgan fingerprint density at radius 3 is 2.25 bits per heavy atom. The van der Waals surface area contributed by atoms with Crippen molar-refractivity contribution in [1.29, 1.82) is 0 Å². The van der Waals surface area contributed by atoms with Crippen LogP contribution in [0.5, 0.6) is 0 Å². The van der Waals surface area contributed by atoms with Crippen LogP contribution < -0.4 is 5.32 Å². The second kappa shape index (κ2) is 5.84. The minimum Gasteiger partial charge on any atom is -0.459 e. The summed E-state index contributed by atoms with van der Waals surface area (Å²) in [4.78, 5) is 24.4. The number of hydrogen-bond acceptors (Lipinski definition) is 4. The fraction of sp³-hybridized carbons (Fsp3) is 0.818. The maximum absolute atomic E-state index is 11.7. The van der Waals surface area contributed by atoms with Crippen LogP contribution in [0.2, 0.25) is 0 Å². The zero-order valence-electron chi connectivity index (χ0n) is 11.0. The third-order valence-corrected chi connectivity index (χ3v) is 2.08. The summed E-state index contributed by atoms with van der Waals surface area (Å²) in [5, 5.41) is 2.51. The van der Waals surface area contributed by atoms with Gasteiger partial charge in [0.15, 0.2) is 0 Å². The molecule has 0 rings (SSSR count). The third kappa shape index (κ3) is 5.70. The van der Waals surface area contributed by atoms with Gasteiger partial charge in [-0.1, -0.05) is 0 Å². The van der Waals surface area contributed by atoms with Crippen LogP contribution in [0.4, 0.5) is 0 Å². The zero-order chi connectivity index (χ0) is 12.9. The first-order chi connectivity index (χ1) is 7.17. The van der Waals surface area contributed by atoms with E-state index in [9.17, 15) is 9.59 Å². The summed E-state index contributed by atoms with van der Waals surface area (Å²) in [5.74, 6) is -0.447. The molecule has 1 unspecified atom stereocenters. The quantitative estimate of drug-likeness (QED) is 0.710. The smallest absolute Gasteiger partial charge is 0.323 e. The maximum Gasteiger partial charge on any atom is 0.323 e. The summed E-state index contributed by atoms with van der Waals surface area (Å²) in [5.41, 5.74) is -0.501. The Morgan fingerprint density at radius 1 is 1.38 bits per heavy atom. The first-order valence-electron chi connectivity index (χ1n) is 5.31. The van der Waals surface area contributed by atoms with E-state index in [-0.39, 0.29) is 18.4 Å². The van der Waals surface area contributed by atoms with E-state index in [4.69, 9.17) is 4.74 Å². The van der Waals surface area contributed by atoms with Gasteiger partial charge in [0.1, 0.15) is 11.6 Å². The predicted molar refractivity (Wildman–Crippen MR) is 62.0 cm³/mol.